The van der Waals surface area contributed by atoms with Crippen LogP contribution in [0, 0.1) is 5.82 Å². The quantitative estimate of drug-likeness (QED) is 0.564. The van der Waals surface area contributed by atoms with Crippen molar-refractivity contribution in [3.63, 3.8) is 0 Å². The van der Waals surface area contributed by atoms with Crippen molar-refractivity contribution in [1.29, 1.82) is 0 Å². The van der Waals surface area contributed by atoms with Gasteiger partial charge in [-0.2, -0.15) is 5.10 Å². The molecule has 0 spiro atoms. The van der Waals surface area contributed by atoms with Crippen LogP contribution in [0.15, 0.2) is 35.3 Å². The van der Waals surface area contributed by atoms with E-state index in [0.717, 1.165) is 41.0 Å². The summed E-state index contributed by atoms with van der Waals surface area (Å²) in [6, 6.07) is 6.39. The van der Waals surface area contributed by atoms with E-state index in [0.29, 0.717) is 17.8 Å². The van der Waals surface area contributed by atoms with Crippen LogP contribution in [0.25, 0.3) is 22.1 Å². The third-order valence-electron chi connectivity index (χ3n) is 5.93. The fourth-order valence-corrected chi connectivity index (χ4v) is 4.13. The number of hydrogen-bond donors (Lipinski definition) is 1. The SMILES string of the molecule is CC(C)c1cnnc2c1nc(C1CCC1)n2Cc1cc(=O)[nH]c2c(F)cccc12. The van der Waals surface area contributed by atoms with Crippen LogP contribution in [-0.4, -0.2) is 24.7 Å². The molecule has 1 aromatic carbocycles. The fourth-order valence-electron chi connectivity index (χ4n) is 4.13. The lowest BCUT2D eigenvalue weighted by molar-refractivity contribution is 0.391. The minimum Gasteiger partial charge on any atom is -0.319 e. The summed E-state index contributed by atoms with van der Waals surface area (Å²) < 4.78 is 16.3. The average molecular weight is 391 g/mol. The number of H-pyrrole nitrogens is 1. The number of nitrogens with one attached hydrogen (secondary N) is 1. The molecule has 0 radical (unpaired) electrons. The molecule has 0 amide bonds. The van der Waals surface area contributed by atoms with Gasteiger partial charge in [-0.3, -0.25) is 4.79 Å². The number of nitrogens with zero attached hydrogens (tertiary/aromatic N) is 4. The van der Waals surface area contributed by atoms with E-state index in [1.807, 2.05) is 6.07 Å². The van der Waals surface area contributed by atoms with E-state index in [2.05, 4.69) is 33.6 Å². The first kappa shape index (κ1) is 18.0. The zero-order valence-electron chi connectivity index (χ0n) is 16.4. The Kier molecular flexibility index (Phi) is 4.19. The van der Waals surface area contributed by atoms with Gasteiger partial charge in [0.2, 0.25) is 5.56 Å². The van der Waals surface area contributed by atoms with E-state index >= 15 is 0 Å². The molecular weight excluding hydrogens is 369 g/mol. The molecule has 0 bridgehead atoms. The zero-order chi connectivity index (χ0) is 20.1. The molecule has 7 heteroatoms. The highest BCUT2D eigenvalue weighted by Gasteiger charge is 2.28. The molecular formula is C22H22FN5O. The predicted octanol–water partition coefficient (Wildman–Crippen LogP) is 4.25. The van der Waals surface area contributed by atoms with Gasteiger partial charge in [-0.1, -0.05) is 32.4 Å². The molecule has 1 aliphatic carbocycles. The van der Waals surface area contributed by atoms with Gasteiger partial charge in [0.25, 0.3) is 0 Å². The van der Waals surface area contributed by atoms with Crippen LogP contribution in [0.5, 0.6) is 0 Å². The van der Waals surface area contributed by atoms with E-state index in [1.165, 1.54) is 18.6 Å². The van der Waals surface area contributed by atoms with Crippen molar-refractivity contribution in [1.82, 2.24) is 24.7 Å². The fraction of sp³-hybridized carbons (Fsp3) is 0.364. The van der Waals surface area contributed by atoms with Crippen LogP contribution in [0.1, 0.15) is 61.9 Å². The standard InChI is InChI=1S/C22H22FN5O/c1-12(2)16-10-24-27-22-20(16)26-21(13-5-3-6-13)28(22)11-14-9-18(29)25-19-15(14)7-4-8-17(19)23/h4,7-10,12-13H,3,5-6,11H2,1-2H3,(H,25,29). The molecule has 3 heterocycles. The van der Waals surface area contributed by atoms with Crippen molar-refractivity contribution < 1.29 is 4.39 Å². The normalized spacial score (nSPS) is 14.8. The highest BCUT2D eigenvalue weighted by Crippen LogP contribution is 2.38. The minimum atomic E-state index is -0.432. The van der Waals surface area contributed by atoms with E-state index in [-0.39, 0.29) is 17.0 Å². The minimum absolute atomic E-state index is 0.235. The smallest absolute Gasteiger partial charge is 0.248 e. The Labute approximate surface area is 166 Å². The molecule has 5 rings (SSSR count). The van der Waals surface area contributed by atoms with Crippen LogP contribution >= 0.6 is 0 Å². The van der Waals surface area contributed by atoms with Crippen LogP contribution < -0.4 is 5.56 Å². The van der Waals surface area contributed by atoms with E-state index in [4.69, 9.17) is 4.98 Å². The van der Waals surface area contributed by atoms with Gasteiger partial charge in [-0.05, 0) is 30.4 Å². The Morgan fingerprint density at radius 2 is 2.14 bits per heavy atom. The summed E-state index contributed by atoms with van der Waals surface area (Å²) in [5, 5.41) is 9.29. The van der Waals surface area contributed by atoms with Crippen LogP contribution in [0.3, 0.4) is 0 Å². The first-order valence-corrected chi connectivity index (χ1v) is 10.0. The lowest BCUT2D eigenvalue weighted by Gasteiger charge is -2.25. The molecule has 1 saturated carbocycles. The number of rotatable bonds is 4. The second-order valence-electron chi connectivity index (χ2n) is 8.13. The van der Waals surface area contributed by atoms with Gasteiger partial charge >= 0.3 is 0 Å². The molecule has 4 aromatic rings. The molecule has 6 nitrogen and oxygen atoms in total. The third kappa shape index (κ3) is 2.92. The summed E-state index contributed by atoms with van der Waals surface area (Å²) in [5.74, 6) is 1.21. The van der Waals surface area contributed by atoms with Gasteiger partial charge in [-0.25, -0.2) is 9.37 Å². The molecule has 1 N–H and O–H groups in total. The number of imidazole rings is 1. The van der Waals surface area contributed by atoms with E-state index < -0.39 is 5.82 Å². The Hall–Kier alpha value is -3.09. The van der Waals surface area contributed by atoms with Gasteiger partial charge in [0.15, 0.2) is 5.65 Å². The summed E-state index contributed by atoms with van der Waals surface area (Å²) in [6.07, 6.45) is 5.17. The maximum atomic E-state index is 14.3. The first-order valence-electron chi connectivity index (χ1n) is 10.0. The number of para-hydroxylation sites is 1. The van der Waals surface area contributed by atoms with E-state index in [9.17, 15) is 9.18 Å². The van der Waals surface area contributed by atoms with Crippen LogP contribution in [-0.2, 0) is 6.54 Å². The summed E-state index contributed by atoms with van der Waals surface area (Å²) in [6.45, 7) is 4.64. The van der Waals surface area contributed by atoms with Crippen molar-refractivity contribution in [2.45, 2.75) is 51.5 Å². The summed E-state index contributed by atoms with van der Waals surface area (Å²) in [7, 11) is 0. The lowest BCUT2D eigenvalue weighted by atomic mass is 9.85. The van der Waals surface area contributed by atoms with Crippen molar-refractivity contribution in [3.05, 3.63) is 63.6 Å². The number of hydrogen-bond acceptors (Lipinski definition) is 4. The number of halogens is 1. The second-order valence-corrected chi connectivity index (χ2v) is 8.13. The molecule has 1 fully saturated rings. The number of fused-ring (bicyclic) bond motifs is 2. The highest BCUT2D eigenvalue weighted by molar-refractivity contribution is 5.83. The maximum absolute atomic E-state index is 14.3. The van der Waals surface area contributed by atoms with Crippen molar-refractivity contribution in [2.75, 3.05) is 0 Å². The molecule has 1 aliphatic rings. The zero-order valence-corrected chi connectivity index (χ0v) is 16.4. The number of benzene rings is 1. The summed E-state index contributed by atoms with van der Waals surface area (Å²) in [5.41, 5.74) is 3.33. The Balaban J connectivity index is 1.74. The Morgan fingerprint density at radius 1 is 1.31 bits per heavy atom. The Morgan fingerprint density at radius 3 is 2.86 bits per heavy atom. The van der Waals surface area contributed by atoms with Gasteiger partial charge in [-0.15, -0.1) is 5.10 Å². The molecule has 0 atom stereocenters. The van der Waals surface area contributed by atoms with Gasteiger partial charge in [0, 0.05) is 22.9 Å². The molecule has 0 aliphatic heterocycles. The largest absolute Gasteiger partial charge is 0.319 e. The summed E-state index contributed by atoms with van der Waals surface area (Å²) >= 11 is 0. The monoisotopic (exact) mass is 391 g/mol. The molecule has 148 valence electrons. The molecule has 0 unspecified atom stereocenters. The Bertz CT molecular complexity index is 1290. The lowest BCUT2D eigenvalue weighted by Crippen LogP contribution is -2.17. The van der Waals surface area contributed by atoms with Crippen molar-refractivity contribution in [3.8, 4) is 0 Å². The van der Waals surface area contributed by atoms with E-state index in [1.54, 1.807) is 12.3 Å². The average Bonchev–Trinajstić information content (AvgIpc) is 2.99. The van der Waals surface area contributed by atoms with Crippen molar-refractivity contribution in [2.24, 2.45) is 0 Å². The summed E-state index contributed by atoms with van der Waals surface area (Å²) in [4.78, 5) is 19.8. The number of pyridine rings is 1. The molecule has 0 saturated heterocycles. The highest BCUT2D eigenvalue weighted by atomic mass is 19.1. The topological polar surface area (TPSA) is 76.5 Å². The first-order chi connectivity index (χ1) is 14.0. The van der Waals surface area contributed by atoms with Gasteiger partial charge in [0.05, 0.1) is 18.3 Å². The molecule has 3 aromatic heterocycles. The maximum Gasteiger partial charge on any atom is 0.248 e. The third-order valence-corrected chi connectivity index (χ3v) is 5.93. The van der Waals surface area contributed by atoms with Gasteiger partial charge in [0.1, 0.15) is 17.2 Å². The van der Waals surface area contributed by atoms with Gasteiger partial charge < -0.3 is 9.55 Å². The molecule has 29 heavy (non-hydrogen) atoms. The second kappa shape index (κ2) is 6.76. The van der Waals surface area contributed by atoms with Crippen LogP contribution in [0.4, 0.5) is 4.39 Å². The predicted molar refractivity (Wildman–Crippen MR) is 110 cm³/mol. The number of aromatic amines is 1. The van der Waals surface area contributed by atoms with Crippen molar-refractivity contribution >= 4 is 22.1 Å². The van der Waals surface area contributed by atoms with Crippen LogP contribution in [0.2, 0.25) is 0 Å². The number of aromatic nitrogens is 5.